The van der Waals surface area contributed by atoms with Crippen molar-refractivity contribution in [2.45, 2.75) is 6.92 Å². The van der Waals surface area contributed by atoms with Crippen molar-refractivity contribution in [2.24, 2.45) is 0 Å². The highest BCUT2D eigenvalue weighted by atomic mass is 16.5. The summed E-state index contributed by atoms with van der Waals surface area (Å²) in [6.45, 7) is 1.95. The minimum Gasteiger partial charge on any atom is -0.334 e. The summed E-state index contributed by atoms with van der Waals surface area (Å²) in [5.41, 5.74) is 2.80. The summed E-state index contributed by atoms with van der Waals surface area (Å²) in [6, 6.07) is 7.18. The van der Waals surface area contributed by atoms with E-state index < -0.39 is 0 Å². The second-order valence-electron chi connectivity index (χ2n) is 4.16. The third-order valence-corrected chi connectivity index (χ3v) is 2.83. The number of rotatable bonds is 2. The molecule has 0 amide bonds. The molecule has 3 heterocycles. The quantitative estimate of drug-likeness (QED) is 0.705. The number of hydrogen-bond acceptors (Lipinski definition) is 6. The van der Waals surface area contributed by atoms with Crippen molar-refractivity contribution in [1.82, 2.24) is 20.1 Å². The third kappa shape index (κ3) is 2.12. The summed E-state index contributed by atoms with van der Waals surface area (Å²) in [4.78, 5) is 12.3. The Morgan fingerprint density at radius 3 is 2.95 bits per heavy atom. The molecule has 3 aromatic rings. The average molecular weight is 263 g/mol. The van der Waals surface area contributed by atoms with Crippen LogP contribution in [-0.4, -0.2) is 20.1 Å². The Kier molecular flexibility index (Phi) is 2.94. The zero-order chi connectivity index (χ0) is 13.9. The molecule has 0 N–H and O–H groups in total. The van der Waals surface area contributed by atoms with E-state index in [1.807, 2.05) is 19.1 Å². The van der Waals surface area contributed by atoms with E-state index in [-0.39, 0.29) is 0 Å². The lowest BCUT2D eigenvalue weighted by molar-refractivity contribution is 0.432. The van der Waals surface area contributed by atoms with Crippen molar-refractivity contribution >= 4 is 0 Å². The maximum atomic E-state index is 8.84. The van der Waals surface area contributed by atoms with Gasteiger partial charge in [0, 0.05) is 29.7 Å². The molecule has 20 heavy (non-hydrogen) atoms. The van der Waals surface area contributed by atoms with Gasteiger partial charge in [0.05, 0.1) is 0 Å². The smallest absolute Gasteiger partial charge is 0.258 e. The molecule has 0 aliphatic carbocycles. The number of aromatic nitrogens is 4. The summed E-state index contributed by atoms with van der Waals surface area (Å²) >= 11 is 0. The lowest BCUT2D eigenvalue weighted by Gasteiger charge is -1.97. The number of aryl methyl sites for hydroxylation is 1. The lowest BCUT2D eigenvalue weighted by atomic mass is 10.1. The number of pyridine rings is 2. The van der Waals surface area contributed by atoms with Crippen LogP contribution in [0.1, 0.15) is 11.3 Å². The Labute approximate surface area is 114 Å². The SMILES string of the molecule is Cc1ccncc1-c1noc(-c2ccnc(C#N)c2)n1. The first-order valence-electron chi connectivity index (χ1n) is 5.89. The first kappa shape index (κ1) is 12.0. The van der Waals surface area contributed by atoms with Gasteiger partial charge in [-0.05, 0) is 30.7 Å². The molecule has 3 aromatic heterocycles. The van der Waals surface area contributed by atoms with Crippen LogP contribution in [0.2, 0.25) is 0 Å². The van der Waals surface area contributed by atoms with Gasteiger partial charge in [0.2, 0.25) is 5.82 Å². The Bertz CT molecular complexity index is 803. The molecule has 0 aromatic carbocycles. The van der Waals surface area contributed by atoms with Crippen molar-refractivity contribution in [2.75, 3.05) is 0 Å². The van der Waals surface area contributed by atoms with Crippen LogP contribution in [0.3, 0.4) is 0 Å². The molecule has 3 rings (SSSR count). The third-order valence-electron chi connectivity index (χ3n) is 2.83. The number of hydrogen-bond donors (Lipinski definition) is 0. The standard InChI is InChI=1S/C14H9N5O/c1-9-2-4-16-8-12(9)13-18-14(20-19-13)10-3-5-17-11(6-10)7-15/h2-6,8H,1H3. The molecule has 6 heteroatoms. The fraction of sp³-hybridized carbons (Fsp3) is 0.0714. The second-order valence-corrected chi connectivity index (χ2v) is 4.16. The number of nitrogens with zero attached hydrogens (tertiary/aromatic N) is 5. The van der Waals surface area contributed by atoms with Crippen molar-refractivity contribution in [3.05, 3.63) is 48.0 Å². The first-order valence-corrected chi connectivity index (χ1v) is 5.89. The fourth-order valence-corrected chi connectivity index (χ4v) is 1.77. The van der Waals surface area contributed by atoms with Crippen LogP contribution in [0.5, 0.6) is 0 Å². The van der Waals surface area contributed by atoms with Crippen LogP contribution in [0, 0.1) is 18.3 Å². The molecule has 0 saturated heterocycles. The molecule has 0 fully saturated rings. The maximum Gasteiger partial charge on any atom is 0.258 e. The molecule has 0 saturated carbocycles. The molecule has 96 valence electrons. The van der Waals surface area contributed by atoms with Gasteiger partial charge in [-0.2, -0.15) is 10.2 Å². The monoisotopic (exact) mass is 263 g/mol. The fourth-order valence-electron chi connectivity index (χ4n) is 1.77. The summed E-state index contributed by atoms with van der Waals surface area (Å²) < 4.78 is 5.23. The van der Waals surface area contributed by atoms with Crippen LogP contribution >= 0.6 is 0 Å². The van der Waals surface area contributed by atoms with Gasteiger partial charge in [-0.15, -0.1) is 0 Å². The van der Waals surface area contributed by atoms with Gasteiger partial charge >= 0.3 is 0 Å². The normalized spacial score (nSPS) is 10.2. The van der Waals surface area contributed by atoms with E-state index in [9.17, 15) is 0 Å². The van der Waals surface area contributed by atoms with Gasteiger partial charge < -0.3 is 4.52 Å². The van der Waals surface area contributed by atoms with E-state index in [1.165, 1.54) is 6.20 Å². The van der Waals surface area contributed by atoms with Crippen molar-refractivity contribution in [3.8, 4) is 28.9 Å². The largest absolute Gasteiger partial charge is 0.334 e. The summed E-state index contributed by atoms with van der Waals surface area (Å²) in [5.74, 6) is 0.822. The van der Waals surface area contributed by atoms with Crippen molar-refractivity contribution < 1.29 is 4.52 Å². The zero-order valence-electron chi connectivity index (χ0n) is 10.6. The minimum atomic E-state index is 0.305. The Hall–Kier alpha value is -3.07. The topological polar surface area (TPSA) is 88.5 Å². The van der Waals surface area contributed by atoms with E-state index in [1.54, 1.807) is 24.5 Å². The van der Waals surface area contributed by atoms with Crippen molar-refractivity contribution in [3.63, 3.8) is 0 Å². The van der Waals surface area contributed by atoms with Crippen LogP contribution in [0.15, 0.2) is 41.3 Å². The van der Waals surface area contributed by atoms with Gasteiger partial charge in [0.25, 0.3) is 5.89 Å². The highest BCUT2D eigenvalue weighted by Gasteiger charge is 2.12. The first-order chi connectivity index (χ1) is 9.78. The van der Waals surface area contributed by atoms with Gasteiger partial charge in [0.1, 0.15) is 11.8 Å². The summed E-state index contributed by atoms with van der Waals surface area (Å²) in [5, 5.41) is 12.8. The van der Waals surface area contributed by atoms with E-state index in [2.05, 4.69) is 20.1 Å². The van der Waals surface area contributed by atoms with Gasteiger partial charge in [-0.25, -0.2) is 4.98 Å². The predicted octanol–water partition coefficient (Wildman–Crippen LogP) is 2.37. The van der Waals surface area contributed by atoms with Gasteiger partial charge in [0.15, 0.2) is 0 Å². The van der Waals surface area contributed by atoms with Crippen LogP contribution in [0.25, 0.3) is 22.8 Å². The van der Waals surface area contributed by atoms with Crippen LogP contribution in [-0.2, 0) is 0 Å². The molecule has 0 spiro atoms. The van der Waals surface area contributed by atoms with Gasteiger partial charge in [-0.3, -0.25) is 4.98 Å². The number of nitriles is 1. The van der Waals surface area contributed by atoms with Crippen LogP contribution < -0.4 is 0 Å². The minimum absolute atomic E-state index is 0.305. The van der Waals surface area contributed by atoms with E-state index >= 15 is 0 Å². The summed E-state index contributed by atoms with van der Waals surface area (Å²) in [7, 11) is 0. The van der Waals surface area contributed by atoms with E-state index in [0.29, 0.717) is 23.0 Å². The highest BCUT2D eigenvalue weighted by molar-refractivity contribution is 5.62. The Balaban J connectivity index is 2.02. The predicted molar refractivity (Wildman–Crippen MR) is 70.2 cm³/mol. The highest BCUT2D eigenvalue weighted by Crippen LogP contribution is 2.23. The molecular formula is C14H9N5O. The second kappa shape index (κ2) is 4.90. The van der Waals surface area contributed by atoms with E-state index in [4.69, 9.17) is 9.78 Å². The zero-order valence-corrected chi connectivity index (χ0v) is 10.6. The molecule has 0 aliphatic rings. The maximum absolute atomic E-state index is 8.84. The lowest BCUT2D eigenvalue weighted by Crippen LogP contribution is -1.87. The molecule has 0 bridgehead atoms. The molecule has 6 nitrogen and oxygen atoms in total. The summed E-state index contributed by atoms with van der Waals surface area (Å²) in [6.07, 6.45) is 4.94. The van der Waals surface area contributed by atoms with Gasteiger partial charge in [-0.1, -0.05) is 5.16 Å². The van der Waals surface area contributed by atoms with Crippen molar-refractivity contribution in [1.29, 1.82) is 5.26 Å². The van der Waals surface area contributed by atoms with Crippen LogP contribution in [0.4, 0.5) is 0 Å². The molecule has 0 aliphatic heterocycles. The Morgan fingerprint density at radius 1 is 1.25 bits per heavy atom. The molecule has 0 unspecified atom stereocenters. The molecule has 0 radical (unpaired) electrons. The molecule has 0 atom stereocenters. The average Bonchev–Trinajstić information content (AvgIpc) is 2.97. The molecular weight excluding hydrogens is 254 g/mol. The Morgan fingerprint density at radius 2 is 2.15 bits per heavy atom. The van der Waals surface area contributed by atoms with E-state index in [0.717, 1.165) is 11.1 Å².